The van der Waals surface area contributed by atoms with E-state index in [0.29, 0.717) is 5.69 Å². The largest absolute Gasteiger partial charge is 0.417 e. The molecule has 1 aromatic carbocycles. The molecule has 1 unspecified atom stereocenters. The zero-order chi connectivity index (χ0) is 18.7. The number of hydrogen-bond acceptors (Lipinski definition) is 1. The molecule has 2 aromatic rings. The highest BCUT2D eigenvalue weighted by Gasteiger charge is 2.53. The summed E-state index contributed by atoms with van der Waals surface area (Å²) in [5, 5.41) is 3.45. The van der Waals surface area contributed by atoms with Crippen molar-refractivity contribution in [3.05, 3.63) is 45.2 Å². The summed E-state index contributed by atoms with van der Waals surface area (Å²) < 4.78 is 39.8. The monoisotopic (exact) mass is 558 g/mol. The fourth-order valence-corrected chi connectivity index (χ4v) is 4.45. The van der Waals surface area contributed by atoms with Crippen LogP contribution in [-0.4, -0.2) is 13.0 Å². The predicted octanol–water partition coefficient (Wildman–Crippen LogP) is 7.65. The lowest BCUT2D eigenvalue weighted by Gasteiger charge is -2.12. The molecule has 1 aromatic heterocycles. The third-order valence-corrected chi connectivity index (χ3v) is 6.83. The average molecular weight is 562 g/mol. The van der Waals surface area contributed by atoms with E-state index in [1.165, 1.54) is 10.7 Å². The molecule has 2 nitrogen and oxygen atoms in total. The highest BCUT2D eigenvalue weighted by Crippen LogP contribution is 2.63. The second-order valence-electron chi connectivity index (χ2n) is 5.49. The maximum absolute atomic E-state index is 12.9. The Morgan fingerprint density at radius 1 is 1.20 bits per heavy atom. The van der Waals surface area contributed by atoms with Crippen LogP contribution in [0.2, 0.25) is 10.0 Å². The Morgan fingerprint density at radius 3 is 2.28 bits per heavy atom. The molecule has 1 atom stereocenters. The van der Waals surface area contributed by atoms with Gasteiger partial charge in [-0.05, 0) is 18.6 Å². The summed E-state index contributed by atoms with van der Waals surface area (Å²) in [5.41, 5.74) is 0.388. The molecular weight excluding hydrogens is 555 g/mol. The zero-order valence-corrected chi connectivity index (χ0v) is 18.1. The highest BCUT2D eigenvalue weighted by atomic mass is 79.9. The first-order chi connectivity index (χ1) is 11.4. The lowest BCUT2D eigenvalue weighted by atomic mass is 10.1. The smallest absolute Gasteiger partial charge is 0.239 e. The number of benzene rings is 1. The Bertz CT molecular complexity index is 836. The van der Waals surface area contributed by atoms with Gasteiger partial charge in [-0.1, -0.05) is 78.3 Å². The maximum Gasteiger partial charge on any atom is 0.417 e. The first-order valence-corrected chi connectivity index (χ1v) is 9.96. The molecule has 1 aliphatic carbocycles. The van der Waals surface area contributed by atoms with Gasteiger partial charge in [-0.2, -0.15) is 18.3 Å². The molecule has 1 fully saturated rings. The standard InChI is InChI=1S/C14H7Br2Cl4F3N2/c15-13(16)3-7(13)5-4-25(24-11(5)12(19)20)8-2-1-6(14(21,22)23)9(17)10(8)18/h1-2,4,7,12H,3H2. The van der Waals surface area contributed by atoms with Crippen molar-refractivity contribution in [2.75, 3.05) is 0 Å². The molecular formula is C14H7Br2Cl4F3N2. The van der Waals surface area contributed by atoms with Gasteiger partial charge < -0.3 is 0 Å². The van der Waals surface area contributed by atoms with Crippen molar-refractivity contribution in [3.8, 4) is 5.69 Å². The number of aromatic nitrogens is 2. The summed E-state index contributed by atoms with van der Waals surface area (Å²) in [4.78, 5) is -0.892. The molecule has 3 rings (SSSR count). The predicted molar refractivity (Wildman–Crippen MR) is 101 cm³/mol. The summed E-state index contributed by atoms with van der Waals surface area (Å²) in [7, 11) is 0. The summed E-state index contributed by atoms with van der Waals surface area (Å²) in [6.07, 6.45) is -2.17. The van der Waals surface area contributed by atoms with E-state index in [9.17, 15) is 13.2 Å². The van der Waals surface area contributed by atoms with Gasteiger partial charge in [0, 0.05) is 17.7 Å². The van der Waals surface area contributed by atoms with Crippen LogP contribution in [0.3, 0.4) is 0 Å². The molecule has 0 spiro atoms. The van der Waals surface area contributed by atoms with E-state index >= 15 is 0 Å². The molecule has 136 valence electrons. The minimum absolute atomic E-state index is 0.0694. The minimum Gasteiger partial charge on any atom is -0.239 e. The molecule has 1 heterocycles. The van der Waals surface area contributed by atoms with Crippen molar-refractivity contribution in [2.24, 2.45) is 0 Å². The Balaban J connectivity index is 2.09. The van der Waals surface area contributed by atoms with Crippen LogP contribution in [0.5, 0.6) is 0 Å². The number of alkyl halides is 7. The fraction of sp³-hybridized carbons (Fsp3) is 0.357. The van der Waals surface area contributed by atoms with E-state index in [2.05, 4.69) is 37.0 Å². The van der Waals surface area contributed by atoms with E-state index < -0.39 is 21.6 Å². The van der Waals surface area contributed by atoms with E-state index in [4.69, 9.17) is 46.4 Å². The van der Waals surface area contributed by atoms with Crippen molar-refractivity contribution in [1.82, 2.24) is 9.78 Å². The van der Waals surface area contributed by atoms with Gasteiger partial charge >= 0.3 is 6.18 Å². The maximum atomic E-state index is 12.9. The van der Waals surface area contributed by atoms with Crippen molar-refractivity contribution in [3.63, 3.8) is 0 Å². The normalized spacial score (nSPS) is 19.5. The highest BCUT2D eigenvalue weighted by molar-refractivity contribution is 9.25. The topological polar surface area (TPSA) is 17.8 Å². The Morgan fingerprint density at radius 2 is 1.80 bits per heavy atom. The van der Waals surface area contributed by atoms with Crippen LogP contribution in [-0.2, 0) is 6.18 Å². The molecule has 1 saturated carbocycles. The molecule has 0 radical (unpaired) electrons. The molecule has 11 heteroatoms. The first kappa shape index (κ1) is 20.1. The van der Waals surface area contributed by atoms with Gasteiger partial charge in [-0.25, -0.2) is 4.68 Å². The Labute approximate surface area is 177 Å². The lowest BCUT2D eigenvalue weighted by Crippen LogP contribution is -2.07. The van der Waals surface area contributed by atoms with Gasteiger partial charge in [0.05, 0.1) is 30.2 Å². The SMILES string of the molecule is FC(F)(F)c1ccc(-n2cc(C3CC3(Br)Br)c(C(Cl)Cl)n2)c(Cl)c1Cl. The van der Waals surface area contributed by atoms with Crippen molar-refractivity contribution in [2.45, 2.75) is 26.6 Å². The number of nitrogens with zero attached hydrogens (tertiary/aromatic N) is 2. The van der Waals surface area contributed by atoms with Crippen LogP contribution in [0.1, 0.15) is 34.0 Å². The van der Waals surface area contributed by atoms with E-state index in [-0.39, 0.29) is 19.9 Å². The van der Waals surface area contributed by atoms with Crippen LogP contribution in [0, 0.1) is 0 Å². The van der Waals surface area contributed by atoms with Gasteiger partial charge in [0.25, 0.3) is 0 Å². The van der Waals surface area contributed by atoms with Crippen molar-refractivity contribution >= 4 is 78.3 Å². The van der Waals surface area contributed by atoms with Crippen LogP contribution >= 0.6 is 78.3 Å². The molecule has 0 saturated heterocycles. The first-order valence-electron chi connectivity index (χ1n) is 6.74. The van der Waals surface area contributed by atoms with E-state index in [1.807, 2.05) is 0 Å². The molecule has 0 aliphatic heterocycles. The zero-order valence-electron chi connectivity index (χ0n) is 11.9. The van der Waals surface area contributed by atoms with Crippen LogP contribution < -0.4 is 0 Å². The van der Waals surface area contributed by atoms with Crippen molar-refractivity contribution in [1.29, 1.82) is 0 Å². The fourth-order valence-electron chi connectivity index (χ4n) is 2.45. The van der Waals surface area contributed by atoms with Gasteiger partial charge in [-0.15, -0.1) is 0 Å². The molecule has 25 heavy (non-hydrogen) atoms. The second-order valence-corrected chi connectivity index (χ2v) is 11.2. The minimum atomic E-state index is -4.60. The third-order valence-electron chi connectivity index (χ3n) is 3.79. The number of halogens is 9. The quantitative estimate of drug-likeness (QED) is 0.352. The van der Waals surface area contributed by atoms with Gasteiger partial charge in [-0.3, -0.25) is 0 Å². The summed E-state index contributed by atoms with van der Waals surface area (Å²) >= 11 is 30.9. The van der Waals surface area contributed by atoms with Gasteiger partial charge in [0.15, 0.2) is 4.84 Å². The van der Waals surface area contributed by atoms with Crippen LogP contribution in [0.15, 0.2) is 18.3 Å². The van der Waals surface area contributed by atoms with Crippen LogP contribution in [0.4, 0.5) is 13.2 Å². The second kappa shape index (κ2) is 6.74. The van der Waals surface area contributed by atoms with Crippen molar-refractivity contribution < 1.29 is 13.2 Å². The van der Waals surface area contributed by atoms with E-state index in [0.717, 1.165) is 18.1 Å². The third kappa shape index (κ3) is 3.83. The molecule has 1 aliphatic rings. The number of hydrogen-bond donors (Lipinski definition) is 0. The van der Waals surface area contributed by atoms with Gasteiger partial charge in [0.1, 0.15) is 0 Å². The molecule has 0 amide bonds. The average Bonchev–Trinajstić information content (AvgIpc) is 2.93. The van der Waals surface area contributed by atoms with Crippen LogP contribution in [0.25, 0.3) is 5.69 Å². The van der Waals surface area contributed by atoms with Gasteiger partial charge in [0.2, 0.25) is 0 Å². The molecule has 0 bridgehead atoms. The summed E-state index contributed by atoms with van der Waals surface area (Å²) in [5.74, 6) is 0.0694. The Hall–Kier alpha value is 0.340. The molecule has 0 N–H and O–H groups in total. The number of rotatable bonds is 3. The van der Waals surface area contributed by atoms with E-state index in [1.54, 1.807) is 6.20 Å². The Kier molecular flexibility index (Phi) is 5.42. The summed E-state index contributed by atoms with van der Waals surface area (Å²) in [6, 6.07) is 2.07. The summed E-state index contributed by atoms with van der Waals surface area (Å²) in [6.45, 7) is 0. The lowest BCUT2D eigenvalue weighted by molar-refractivity contribution is -0.137.